The zero-order valence-corrected chi connectivity index (χ0v) is 11.6. The summed E-state index contributed by atoms with van der Waals surface area (Å²) in [7, 11) is -3.36. The summed E-state index contributed by atoms with van der Waals surface area (Å²) in [4.78, 5) is 11.5. The Balaban J connectivity index is 2.36. The molecule has 2 aromatic rings. The van der Waals surface area contributed by atoms with E-state index >= 15 is 0 Å². The topological polar surface area (TPSA) is 97.9 Å². The van der Waals surface area contributed by atoms with Gasteiger partial charge >= 0.3 is 0 Å². The van der Waals surface area contributed by atoms with Gasteiger partial charge in [0, 0.05) is 12.3 Å². The average molecular weight is 302 g/mol. The molecule has 1 aromatic heterocycles. The van der Waals surface area contributed by atoms with Crippen molar-refractivity contribution in [1.82, 2.24) is 9.78 Å². The molecule has 6 nitrogen and oxygen atoms in total. The minimum Gasteiger partial charge on any atom is -0.384 e. The predicted molar refractivity (Wildman–Crippen MR) is 73.1 cm³/mol. The van der Waals surface area contributed by atoms with Gasteiger partial charge in [-0.25, -0.2) is 13.1 Å². The van der Waals surface area contributed by atoms with Crippen molar-refractivity contribution in [3.8, 4) is 0 Å². The second kappa shape index (κ2) is 4.75. The number of nitrogen functional groups attached to an aromatic ring is 1. The first kappa shape index (κ1) is 13.7. The Bertz CT molecular complexity index is 777. The second-order valence-electron chi connectivity index (χ2n) is 4.17. The molecule has 0 aliphatic rings. The molecule has 0 aliphatic heterocycles. The maximum absolute atomic E-state index is 11.5. The number of aromatic nitrogens is 2. The van der Waals surface area contributed by atoms with Gasteiger partial charge in [0.15, 0.2) is 9.84 Å². The van der Waals surface area contributed by atoms with E-state index in [1.165, 1.54) is 22.9 Å². The molecule has 0 saturated carbocycles. The highest BCUT2D eigenvalue weighted by Crippen LogP contribution is 2.22. The smallest absolute Gasteiger partial charge is 0.268 e. The first-order valence-corrected chi connectivity index (χ1v) is 7.58. The molecule has 0 atom stereocenters. The van der Waals surface area contributed by atoms with E-state index in [0.717, 1.165) is 6.26 Å². The number of rotatable bonds is 3. The number of nitrogens with two attached hydrogens (primary N) is 1. The van der Waals surface area contributed by atoms with Crippen LogP contribution in [0.1, 0.15) is 5.56 Å². The van der Waals surface area contributed by atoms with E-state index in [2.05, 4.69) is 5.10 Å². The van der Waals surface area contributed by atoms with Crippen LogP contribution in [0.4, 0.5) is 5.82 Å². The number of H-pyrrole nitrogens is 1. The van der Waals surface area contributed by atoms with Crippen molar-refractivity contribution in [2.45, 2.75) is 11.4 Å². The lowest BCUT2D eigenvalue weighted by atomic mass is 10.2. The van der Waals surface area contributed by atoms with E-state index in [-0.39, 0.29) is 27.8 Å². The molecule has 0 unspecified atom stereocenters. The average Bonchev–Trinajstić information content (AvgIpc) is 2.55. The molecule has 8 heteroatoms. The first-order chi connectivity index (χ1) is 8.77. The summed E-state index contributed by atoms with van der Waals surface area (Å²) >= 11 is 5.92. The molecular weight excluding hydrogens is 290 g/mol. The van der Waals surface area contributed by atoms with Crippen LogP contribution in [0.3, 0.4) is 0 Å². The van der Waals surface area contributed by atoms with Crippen molar-refractivity contribution in [2.24, 2.45) is 0 Å². The lowest BCUT2D eigenvalue weighted by Gasteiger charge is -2.06. The van der Waals surface area contributed by atoms with Gasteiger partial charge in [-0.2, -0.15) is 0 Å². The number of nitrogens with zero attached hydrogens (tertiary/aromatic N) is 1. The largest absolute Gasteiger partial charge is 0.384 e. The highest BCUT2D eigenvalue weighted by molar-refractivity contribution is 7.90. The van der Waals surface area contributed by atoms with Gasteiger partial charge < -0.3 is 5.73 Å². The highest BCUT2D eigenvalue weighted by atomic mass is 35.5. The summed E-state index contributed by atoms with van der Waals surface area (Å²) in [5, 5.41) is 2.81. The van der Waals surface area contributed by atoms with Crippen LogP contribution in [0, 0.1) is 0 Å². The van der Waals surface area contributed by atoms with Crippen molar-refractivity contribution in [3.63, 3.8) is 0 Å². The third-order valence-electron chi connectivity index (χ3n) is 2.55. The Morgan fingerprint density at radius 1 is 1.37 bits per heavy atom. The number of halogens is 1. The van der Waals surface area contributed by atoms with Crippen LogP contribution in [0.15, 0.2) is 34.0 Å². The normalized spacial score (nSPS) is 11.7. The molecule has 0 amide bonds. The SMILES string of the molecule is CS(=O)(=O)c1ccc(Cn2[nH]c(N)cc2=O)cc1Cl. The first-order valence-electron chi connectivity index (χ1n) is 5.31. The Morgan fingerprint density at radius 2 is 2.05 bits per heavy atom. The van der Waals surface area contributed by atoms with Crippen LogP contribution in [0.5, 0.6) is 0 Å². The summed E-state index contributed by atoms with van der Waals surface area (Å²) in [6.07, 6.45) is 1.09. The highest BCUT2D eigenvalue weighted by Gasteiger charge is 2.12. The van der Waals surface area contributed by atoms with Gasteiger partial charge in [-0.3, -0.25) is 9.89 Å². The van der Waals surface area contributed by atoms with Crippen molar-refractivity contribution in [2.75, 3.05) is 12.0 Å². The van der Waals surface area contributed by atoms with E-state index in [4.69, 9.17) is 17.3 Å². The number of sulfone groups is 1. The van der Waals surface area contributed by atoms with E-state index in [9.17, 15) is 13.2 Å². The van der Waals surface area contributed by atoms with Crippen LogP contribution in [0.25, 0.3) is 0 Å². The monoisotopic (exact) mass is 301 g/mol. The minimum atomic E-state index is -3.36. The Hall–Kier alpha value is -1.73. The standard InChI is InChI=1S/C11H12ClN3O3S/c1-19(17,18)9-3-2-7(4-8(9)12)6-15-11(16)5-10(13)14-15/h2-5,14H,6,13H2,1H3. The predicted octanol–water partition coefficient (Wildman–Crippen LogP) is 0.864. The summed E-state index contributed by atoms with van der Waals surface area (Å²) in [5.41, 5.74) is 5.89. The van der Waals surface area contributed by atoms with Gasteiger partial charge in [0.2, 0.25) is 0 Å². The molecule has 102 valence electrons. The van der Waals surface area contributed by atoms with Gasteiger partial charge in [0.25, 0.3) is 5.56 Å². The molecule has 1 aromatic carbocycles. The molecule has 0 bridgehead atoms. The van der Waals surface area contributed by atoms with Gasteiger partial charge in [-0.05, 0) is 17.7 Å². The van der Waals surface area contributed by atoms with Crippen molar-refractivity contribution in [3.05, 3.63) is 45.2 Å². The quantitative estimate of drug-likeness (QED) is 0.878. The summed E-state index contributed by atoms with van der Waals surface area (Å²) in [5.74, 6) is 0.267. The zero-order valence-electron chi connectivity index (χ0n) is 10.1. The van der Waals surface area contributed by atoms with Crippen LogP contribution < -0.4 is 11.3 Å². The third kappa shape index (κ3) is 2.99. The van der Waals surface area contributed by atoms with Crippen molar-refractivity contribution >= 4 is 27.3 Å². The number of benzene rings is 1. The molecule has 0 saturated heterocycles. The van der Waals surface area contributed by atoms with Crippen LogP contribution in [-0.2, 0) is 16.4 Å². The van der Waals surface area contributed by atoms with Crippen molar-refractivity contribution < 1.29 is 8.42 Å². The van der Waals surface area contributed by atoms with Gasteiger partial charge in [0.05, 0.1) is 16.5 Å². The molecule has 3 N–H and O–H groups in total. The minimum absolute atomic E-state index is 0.0660. The second-order valence-corrected chi connectivity index (χ2v) is 6.56. The number of hydrogen-bond donors (Lipinski definition) is 2. The van der Waals surface area contributed by atoms with Gasteiger partial charge in [-0.1, -0.05) is 17.7 Å². The lowest BCUT2D eigenvalue weighted by molar-refractivity contribution is 0.602. The van der Waals surface area contributed by atoms with Crippen LogP contribution in [0.2, 0.25) is 5.02 Å². The van der Waals surface area contributed by atoms with Crippen LogP contribution in [-0.4, -0.2) is 24.5 Å². The summed E-state index contributed by atoms with van der Waals surface area (Å²) in [6.45, 7) is 0.236. The fourth-order valence-electron chi connectivity index (χ4n) is 1.70. The van der Waals surface area contributed by atoms with E-state index in [1.807, 2.05) is 0 Å². The Labute approximate surface area is 114 Å². The van der Waals surface area contributed by atoms with E-state index in [1.54, 1.807) is 6.07 Å². The number of hydrogen-bond acceptors (Lipinski definition) is 4. The molecule has 1 heterocycles. The Kier molecular flexibility index (Phi) is 3.42. The third-order valence-corrected chi connectivity index (χ3v) is 4.13. The molecule has 0 aliphatic carbocycles. The molecule has 19 heavy (non-hydrogen) atoms. The molecule has 0 spiro atoms. The fourth-order valence-corrected chi connectivity index (χ4v) is 3.05. The van der Waals surface area contributed by atoms with E-state index < -0.39 is 9.84 Å². The maximum Gasteiger partial charge on any atom is 0.268 e. The number of aromatic amines is 1. The lowest BCUT2D eigenvalue weighted by Crippen LogP contribution is -2.16. The summed E-state index contributed by atoms with van der Waals surface area (Å²) in [6, 6.07) is 5.81. The molecule has 0 radical (unpaired) electrons. The molecule has 2 rings (SSSR count). The molecular formula is C11H12ClN3O3S. The van der Waals surface area contributed by atoms with Crippen LogP contribution >= 0.6 is 11.6 Å². The van der Waals surface area contributed by atoms with Gasteiger partial charge in [-0.15, -0.1) is 0 Å². The maximum atomic E-state index is 11.5. The number of anilines is 1. The zero-order chi connectivity index (χ0) is 14.2. The Morgan fingerprint density at radius 3 is 2.53 bits per heavy atom. The fraction of sp³-hybridized carbons (Fsp3) is 0.182. The molecule has 0 fully saturated rings. The van der Waals surface area contributed by atoms with Crippen molar-refractivity contribution in [1.29, 1.82) is 0 Å². The van der Waals surface area contributed by atoms with E-state index in [0.29, 0.717) is 5.56 Å². The number of nitrogens with one attached hydrogen (secondary N) is 1. The van der Waals surface area contributed by atoms with Gasteiger partial charge in [0.1, 0.15) is 5.82 Å². The summed E-state index contributed by atoms with van der Waals surface area (Å²) < 4.78 is 24.1.